The van der Waals surface area contributed by atoms with E-state index in [1.807, 2.05) is 36.4 Å². The summed E-state index contributed by atoms with van der Waals surface area (Å²) >= 11 is 0. The molecule has 0 spiro atoms. The predicted molar refractivity (Wildman–Crippen MR) is 114 cm³/mol. The van der Waals surface area contributed by atoms with Crippen LogP contribution in [-0.2, 0) is 4.79 Å². The smallest absolute Gasteiger partial charge is 0.231 e. The molecule has 2 N–H and O–H groups in total. The number of nitrogens with zero attached hydrogens (tertiary/aromatic N) is 4. The minimum absolute atomic E-state index is 0.126. The topological polar surface area (TPSA) is 83.0 Å². The van der Waals surface area contributed by atoms with Gasteiger partial charge in [0.1, 0.15) is 12.1 Å². The minimum atomic E-state index is -0.205. The van der Waals surface area contributed by atoms with Gasteiger partial charge in [0.2, 0.25) is 17.8 Å². The fraction of sp³-hybridized carbons (Fsp3) is 0.273. The van der Waals surface area contributed by atoms with Crippen molar-refractivity contribution in [2.45, 2.75) is 25.7 Å². The predicted octanol–water partition coefficient (Wildman–Crippen LogP) is 4.10. The van der Waals surface area contributed by atoms with Crippen LogP contribution in [0, 0.1) is 5.82 Å². The van der Waals surface area contributed by atoms with Crippen LogP contribution in [0.4, 0.5) is 27.7 Å². The Kier molecular flexibility index (Phi) is 5.83. The molecule has 1 amide bonds. The third-order valence-corrected chi connectivity index (χ3v) is 5.12. The molecule has 1 aliphatic rings. The Hall–Kier alpha value is -3.55. The Balaban J connectivity index is 1.40. The van der Waals surface area contributed by atoms with E-state index in [4.69, 9.17) is 0 Å². The highest BCUT2D eigenvalue weighted by Gasteiger charge is 2.22. The van der Waals surface area contributed by atoms with E-state index in [1.165, 1.54) is 30.9 Å². The van der Waals surface area contributed by atoms with Crippen LogP contribution in [0.25, 0.3) is 0 Å². The molecule has 0 aliphatic carbocycles. The van der Waals surface area contributed by atoms with Gasteiger partial charge in [-0.1, -0.05) is 18.2 Å². The van der Waals surface area contributed by atoms with Crippen molar-refractivity contribution in [2.24, 2.45) is 0 Å². The summed E-state index contributed by atoms with van der Waals surface area (Å²) < 4.78 is 13.2. The third kappa shape index (κ3) is 4.89. The first-order chi connectivity index (χ1) is 14.6. The maximum absolute atomic E-state index is 13.2. The van der Waals surface area contributed by atoms with Crippen molar-refractivity contribution in [3.63, 3.8) is 0 Å². The highest BCUT2D eigenvalue weighted by atomic mass is 19.1. The standard InChI is InChI=1S/C22H23FN6O/c1-15(30)26-19-3-2-4-20(13-19)27-21-24-14-25-22(28-21)29-11-9-17(10-12-29)16-5-7-18(23)8-6-16/h2-8,13-14,17H,9-12H2,1H3,(H,26,30)(H,24,25,27,28). The van der Waals surface area contributed by atoms with Crippen molar-refractivity contribution in [3.8, 4) is 0 Å². The number of nitrogens with one attached hydrogen (secondary N) is 2. The van der Waals surface area contributed by atoms with Crippen molar-refractivity contribution in [3.05, 3.63) is 66.2 Å². The molecule has 0 radical (unpaired) electrons. The van der Waals surface area contributed by atoms with Crippen molar-refractivity contribution >= 4 is 29.2 Å². The molecule has 1 aromatic heterocycles. The molecule has 4 rings (SSSR count). The van der Waals surface area contributed by atoms with Crippen LogP contribution in [0.3, 0.4) is 0 Å². The summed E-state index contributed by atoms with van der Waals surface area (Å²) in [6.07, 6.45) is 3.41. The van der Waals surface area contributed by atoms with Gasteiger partial charge in [-0.3, -0.25) is 4.79 Å². The first kappa shape index (κ1) is 19.8. The molecular weight excluding hydrogens is 383 g/mol. The van der Waals surface area contributed by atoms with E-state index in [-0.39, 0.29) is 11.7 Å². The molecule has 2 aromatic carbocycles. The summed E-state index contributed by atoms with van der Waals surface area (Å²) in [5.41, 5.74) is 2.64. The number of amides is 1. The van der Waals surface area contributed by atoms with Crippen LogP contribution < -0.4 is 15.5 Å². The monoisotopic (exact) mass is 406 g/mol. The Morgan fingerprint density at radius 2 is 1.80 bits per heavy atom. The molecule has 1 fully saturated rings. The molecule has 30 heavy (non-hydrogen) atoms. The lowest BCUT2D eigenvalue weighted by molar-refractivity contribution is -0.114. The van der Waals surface area contributed by atoms with Gasteiger partial charge in [0, 0.05) is 31.4 Å². The van der Waals surface area contributed by atoms with Gasteiger partial charge in [-0.25, -0.2) is 14.4 Å². The van der Waals surface area contributed by atoms with Crippen LogP contribution in [0.2, 0.25) is 0 Å². The number of hydrogen-bond acceptors (Lipinski definition) is 6. The van der Waals surface area contributed by atoms with Crippen LogP contribution in [0.1, 0.15) is 31.2 Å². The second-order valence-corrected chi connectivity index (χ2v) is 7.31. The van der Waals surface area contributed by atoms with Crippen molar-refractivity contribution in [1.29, 1.82) is 0 Å². The van der Waals surface area contributed by atoms with Crippen LogP contribution in [-0.4, -0.2) is 33.9 Å². The lowest BCUT2D eigenvalue weighted by Gasteiger charge is -2.32. The quantitative estimate of drug-likeness (QED) is 0.664. The Labute approximate surface area is 174 Å². The maximum atomic E-state index is 13.2. The number of benzene rings is 2. The first-order valence-corrected chi connectivity index (χ1v) is 9.91. The summed E-state index contributed by atoms with van der Waals surface area (Å²) in [7, 11) is 0. The zero-order chi connectivity index (χ0) is 20.9. The third-order valence-electron chi connectivity index (χ3n) is 5.12. The lowest BCUT2D eigenvalue weighted by Crippen LogP contribution is -2.34. The molecule has 154 valence electrons. The molecule has 1 aliphatic heterocycles. The van der Waals surface area contributed by atoms with Crippen molar-refractivity contribution in [2.75, 3.05) is 28.6 Å². The fourth-order valence-electron chi connectivity index (χ4n) is 3.66. The van der Waals surface area contributed by atoms with Gasteiger partial charge in [-0.05, 0) is 54.7 Å². The highest BCUT2D eigenvalue weighted by Crippen LogP contribution is 2.29. The molecule has 8 heteroatoms. The number of carbonyl (C=O) groups excluding carboxylic acids is 1. The van der Waals surface area contributed by atoms with E-state index in [0.717, 1.165) is 31.6 Å². The SMILES string of the molecule is CC(=O)Nc1cccc(Nc2ncnc(N3CCC(c4ccc(F)cc4)CC3)n2)c1. The summed E-state index contributed by atoms with van der Waals surface area (Å²) in [4.78, 5) is 26.5. The van der Waals surface area contributed by atoms with Gasteiger partial charge >= 0.3 is 0 Å². The molecular formula is C22H23FN6O. The summed E-state index contributed by atoms with van der Waals surface area (Å²) in [5, 5.41) is 5.91. The van der Waals surface area contributed by atoms with Gasteiger partial charge in [-0.15, -0.1) is 0 Å². The van der Waals surface area contributed by atoms with E-state index in [2.05, 4.69) is 30.5 Å². The van der Waals surface area contributed by atoms with Gasteiger partial charge in [-0.2, -0.15) is 4.98 Å². The van der Waals surface area contributed by atoms with Crippen LogP contribution in [0.5, 0.6) is 0 Å². The number of aromatic nitrogens is 3. The Morgan fingerprint density at radius 3 is 2.53 bits per heavy atom. The highest BCUT2D eigenvalue weighted by molar-refractivity contribution is 5.89. The largest absolute Gasteiger partial charge is 0.341 e. The summed E-state index contributed by atoms with van der Waals surface area (Å²) in [6, 6.07) is 14.1. The van der Waals surface area contributed by atoms with E-state index in [1.54, 1.807) is 0 Å². The average Bonchev–Trinajstić information content (AvgIpc) is 2.74. The second kappa shape index (κ2) is 8.86. The summed E-state index contributed by atoms with van der Waals surface area (Å²) in [5.74, 6) is 1.16. The number of carbonyl (C=O) groups is 1. The Bertz CT molecular complexity index is 1020. The second-order valence-electron chi connectivity index (χ2n) is 7.31. The molecule has 3 aromatic rings. The molecule has 0 bridgehead atoms. The lowest BCUT2D eigenvalue weighted by atomic mass is 9.89. The zero-order valence-corrected chi connectivity index (χ0v) is 16.7. The number of hydrogen-bond donors (Lipinski definition) is 2. The number of rotatable bonds is 5. The van der Waals surface area contributed by atoms with E-state index in [9.17, 15) is 9.18 Å². The van der Waals surface area contributed by atoms with E-state index >= 15 is 0 Å². The minimum Gasteiger partial charge on any atom is -0.341 e. The first-order valence-electron chi connectivity index (χ1n) is 9.91. The Morgan fingerprint density at radius 1 is 1.07 bits per heavy atom. The van der Waals surface area contributed by atoms with Crippen LogP contribution >= 0.6 is 0 Å². The van der Waals surface area contributed by atoms with Gasteiger partial charge in [0.15, 0.2) is 0 Å². The molecule has 0 saturated carbocycles. The van der Waals surface area contributed by atoms with Gasteiger partial charge < -0.3 is 15.5 Å². The van der Waals surface area contributed by atoms with Crippen LogP contribution in [0.15, 0.2) is 54.9 Å². The summed E-state index contributed by atoms with van der Waals surface area (Å²) in [6.45, 7) is 3.12. The van der Waals surface area contributed by atoms with Gasteiger partial charge in [0.25, 0.3) is 0 Å². The fourth-order valence-corrected chi connectivity index (χ4v) is 3.66. The number of piperidine rings is 1. The van der Waals surface area contributed by atoms with Gasteiger partial charge in [0.05, 0.1) is 0 Å². The molecule has 0 atom stereocenters. The maximum Gasteiger partial charge on any atom is 0.231 e. The number of anilines is 4. The molecule has 2 heterocycles. The molecule has 0 unspecified atom stereocenters. The zero-order valence-electron chi connectivity index (χ0n) is 16.7. The van der Waals surface area contributed by atoms with E-state index < -0.39 is 0 Å². The molecule has 1 saturated heterocycles. The normalized spacial score (nSPS) is 14.4. The van der Waals surface area contributed by atoms with Crippen molar-refractivity contribution in [1.82, 2.24) is 15.0 Å². The average molecular weight is 406 g/mol. The van der Waals surface area contributed by atoms with E-state index in [0.29, 0.717) is 23.5 Å². The molecule has 7 nitrogen and oxygen atoms in total. The van der Waals surface area contributed by atoms with Crippen molar-refractivity contribution < 1.29 is 9.18 Å². The number of halogens is 1.